The van der Waals surface area contributed by atoms with Gasteiger partial charge >= 0.3 is 7.87 Å². The van der Waals surface area contributed by atoms with Gasteiger partial charge < -0.3 is 0 Å². The number of hydrogen-bond donors (Lipinski definition) is 4. The van der Waals surface area contributed by atoms with Gasteiger partial charge in [-0.3, -0.25) is 19.9 Å². The second kappa shape index (κ2) is 8.95. The van der Waals surface area contributed by atoms with Crippen molar-refractivity contribution in [2.24, 2.45) is 0 Å². The van der Waals surface area contributed by atoms with Gasteiger partial charge in [0.15, 0.2) is 0 Å². The quantitative estimate of drug-likeness (QED) is 0.314. The van der Waals surface area contributed by atoms with Gasteiger partial charge in [-0.15, -0.1) is 0 Å². The van der Waals surface area contributed by atoms with Crippen molar-refractivity contribution in [3.8, 4) is 0 Å². The average Bonchev–Trinajstić information content (AvgIpc) is 2.76. The van der Waals surface area contributed by atoms with E-state index in [9.17, 15) is 0 Å². The Morgan fingerprint density at radius 2 is 0.586 bits per heavy atom. The van der Waals surface area contributed by atoms with Crippen LogP contribution in [0.2, 0.25) is 0 Å². The van der Waals surface area contributed by atoms with Crippen LogP contribution in [0.3, 0.4) is 0 Å². The third-order valence-corrected chi connectivity index (χ3v) is 6.28. The molecule has 0 aliphatic carbocycles. The van der Waals surface area contributed by atoms with Gasteiger partial charge in [0, 0.05) is 49.6 Å². The summed E-state index contributed by atoms with van der Waals surface area (Å²) in [5.41, 5.74) is 3.66. The molecule has 0 fully saturated rings. The second-order valence-corrected chi connectivity index (χ2v) is 8.30. The predicted octanol–water partition coefficient (Wildman–Crippen LogP) is 4.69. The number of nitrogens with one attached hydrogen (secondary N) is 4. The molecule has 0 spiro atoms. The van der Waals surface area contributed by atoms with E-state index in [0.29, 0.717) is 0 Å². The fraction of sp³-hybridized carbons (Fsp3) is 0. The monoisotopic (exact) mass is 403 g/mol. The molecule has 9 heteroatoms. The van der Waals surface area contributed by atoms with Crippen molar-refractivity contribution in [2.45, 2.75) is 0 Å². The van der Waals surface area contributed by atoms with E-state index in [1.54, 1.807) is 49.6 Å². The summed E-state index contributed by atoms with van der Waals surface area (Å²) in [5.74, 6) is 0. The lowest BCUT2D eigenvalue weighted by atomic mass is 10.4. The van der Waals surface area contributed by atoms with Gasteiger partial charge in [-0.1, -0.05) is 0 Å². The summed E-state index contributed by atoms with van der Waals surface area (Å²) in [6.45, 7) is 0. The average molecular weight is 403 g/mol. The van der Waals surface area contributed by atoms with Crippen LogP contribution in [0.5, 0.6) is 0 Å². The van der Waals surface area contributed by atoms with Gasteiger partial charge in [0.1, 0.15) is 0 Å². The Morgan fingerprint density at radius 1 is 0.379 bits per heavy atom. The van der Waals surface area contributed by atoms with Gasteiger partial charge in [-0.05, 0) is 48.5 Å². The van der Waals surface area contributed by atoms with Crippen molar-refractivity contribution >= 4 is 30.6 Å². The zero-order valence-corrected chi connectivity index (χ0v) is 16.4. The van der Waals surface area contributed by atoms with Crippen LogP contribution >= 0.6 is 7.87 Å². The fourth-order valence-electron chi connectivity index (χ4n) is 2.65. The van der Waals surface area contributed by atoms with Crippen LogP contribution in [0, 0.1) is 0 Å². The van der Waals surface area contributed by atoms with E-state index >= 15 is 0 Å². The summed E-state index contributed by atoms with van der Waals surface area (Å²) in [7, 11) is -2.49. The van der Waals surface area contributed by atoms with Gasteiger partial charge in [0.05, 0.1) is 22.7 Å². The minimum atomic E-state index is -2.49. The number of pyridine rings is 4. The first-order valence-electron chi connectivity index (χ1n) is 8.94. The minimum Gasteiger partial charge on any atom is -0.265 e. The van der Waals surface area contributed by atoms with Crippen molar-refractivity contribution in [1.29, 1.82) is 0 Å². The SMILES string of the molecule is c1cc(N[P+](Nc2ccncc2)(Nc2ccncc2)Nc2ccncc2)ccn1. The maximum absolute atomic E-state index is 4.11. The van der Waals surface area contributed by atoms with E-state index < -0.39 is 7.87 Å². The Balaban J connectivity index is 1.75. The van der Waals surface area contributed by atoms with Gasteiger partial charge in [-0.25, -0.2) is 20.3 Å². The molecule has 8 nitrogen and oxygen atoms in total. The molecule has 0 aliphatic rings. The van der Waals surface area contributed by atoms with E-state index in [-0.39, 0.29) is 0 Å². The summed E-state index contributed by atoms with van der Waals surface area (Å²) in [4.78, 5) is 16.5. The first-order chi connectivity index (χ1) is 14.3. The van der Waals surface area contributed by atoms with E-state index in [4.69, 9.17) is 0 Å². The number of hydrogen-bond acceptors (Lipinski definition) is 8. The molecule has 0 saturated heterocycles. The number of anilines is 4. The molecule has 0 atom stereocenters. The maximum atomic E-state index is 4.11. The largest absolute Gasteiger partial charge is 0.395 e. The molecular formula is C20H20N8P+. The minimum absolute atomic E-state index is 0.915. The summed E-state index contributed by atoms with van der Waals surface area (Å²) >= 11 is 0. The molecule has 4 rings (SSSR count). The number of rotatable bonds is 8. The Hall–Kier alpha value is -3.77. The van der Waals surface area contributed by atoms with Gasteiger partial charge in [-0.2, -0.15) is 0 Å². The normalized spacial score (nSPS) is 10.8. The molecular weight excluding hydrogens is 383 g/mol. The lowest BCUT2D eigenvalue weighted by Gasteiger charge is -2.29. The molecule has 0 amide bonds. The van der Waals surface area contributed by atoms with E-state index in [1.807, 2.05) is 48.5 Å². The maximum Gasteiger partial charge on any atom is 0.395 e. The van der Waals surface area contributed by atoms with Gasteiger partial charge in [0.25, 0.3) is 0 Å². The van der Waals surface area contributed by atoms with E-state index in [2.05, 4.69) is 40.3 Å². The van der Waals surface area contributed by atoms with Crippen molar-refractivity contribution in [3.05, 3.63) is 98.1 Å². The highest BCUT2D eigenvalue weighted by Gasteiger charge is 2.41. The molecule has 0 unspecified atom stereocenters. The molecule has 0 saturated carbocycles. The van der Waals surface area contributed by atoms with Gasteiger partial charge in [0.2, 0.25) is 0 Å². The standard InChI is InChI=1S/C20H20N8P/c1-9-21-10-2-17(1)25-29(26-18-3-11-22-12-4-18,27-19-5-13-23-14-6-19)28-20-7-15-24-16-8-20/h1-16H,(H,21,25)(H,22,26)(H,23,27)(H,24,28)/q+1. The molecule has 29 heavy (non-hydrogen) atoms. The van der Waals surface area contributed by atoms with Crippen LogP contribution in [-0.2, 0) is 0 Å². The molecule has 0 radical (unpaired) electrons. The third kappa shape index (κ3) is 5.15. The zero-order chi connectivity index (χ0) is 19.8. The van der Waals surface area contributed by atoms with E-state index in [1.165, 1.54) is 0 Å². The highest BCUT2D eigenvalue weighted by atomic mass is 31.2. The molecule has 4 aromatic rings. The van der Waals surface area contributed by atoms with Crippen LogP contribution in [0.25, 0.3) is 0 Å². The van der Waals surface area contributed by atoms with E-state index in [0.717, 1.165) is 22.7 Å². The number of nitrogens with zero attached hydrogens (tertiary/aromatic N) is 4. The van der Waals surface area contributed by atoms with Crippen LogP contribution in [0.1, 0.15) is 0 Å². The van der Waals surface area contributed by atoms with Crippen LogP contribution in [0.4, 0.5) is 22.7 Å². The van der Waals surface area contributed by atoms with Crippen molar-refractivity contribution in [2.75, 3.05) is 20.3 Å². The predicted molar refractivity (Wildman–Crippen MR) is 118 cm³/mol. The highest BCUT2D eigenvalue weighted by molar-refractivity contribution is 7.81. The Kier molecular flexibility index (Phi) is 5.73. The smallest absolute Gasteiger partial charge is 0.265 e. The fourth-order valence-corrected chi connectivity index (χ4v) is 5.13. The molecule has 4 heterocycles. The first kappa shape index (κ1) is 18.6. The number of aromatic nitrogens is 4. The second-order valence-electron chi connectivity index (χ2n) is 6.06. The summed E-state index contributed by atoms with van der Waals surface area (Å²) in [5, 5.41) is 14.5. The molecule has 0 aliphatic heterocycles. The summed E-state index contributed by atoms with van der Waals surface area (Å²) < 4.78 is 0. The lowest BCUT2D eigenvalue weighted by molar-refractivity contribution is 1.32. The summed E-state index contributed by atoms with van der Waals surface area (Å²) in [6.07, 6.45) is 14.0. The Labute approximate surface area is 169 Å². The molecule has 4 N–H and O–H groups in total. The Morgan fingerprint density at radius 3 is 0.793 bits per heavy atom. The molecule has 0 aromatic carbocycles. The molecule has 144 valence electrons. The highest BCUT2D eigenvalue weighted by Crippen LogP contribution is 2.56. The third-order valence-electron chi connectivity index (χ3n) is 3.91. The molecule has 4 aromatic heterocycles. The van der Waals surface area contributed by atoms with Crippen LogP contribution < -0.4 is 20.3 Å². The summed E-state index contributed by atoms with van der Waals surface area (Å²) in [6, 6.07) is 15.4. The van der Waals surface area contributed by atoms with Crippen molar-refractivity contribution in [1.82, 2.24) is 19.9 Å². The van der Waals surface area contributed by atoms with Crippen molar-refractivity contribution in [3.63, 3.8) is 0 Å². The van der Waals surface area contributed by atoms with Crippen LogP contribution in [-0.4, -0.2) is 19.9 Å². The topological polar surface area (TPSA) is 99.7 Å². The molecule has 0 bridgehead atoms. The zero-order valence-electron chi connectivity index (χ0n) is 15.5. The lowest BCUT2D eigenvalue weighted by Crippen LogP contribution is -2.27. The Bertz CT molecular complexity index is 832. The van der Waals surface area contributed by atoms with Crippen LogP contribution in [0.15, 0.2) is 98.1 Å². The first-order valence-corrected chi connectivity index (χ1v) is 10.7. The van der Waals surface area contributed by atoms with Crippen molar-refractivity contribution < 1.29 is 0 Å².